The summed E-state index contributed by atoms with van der Waals surface area (Å²) in [4.78, 5) is 0. The minimum absolute atomic E-state index is 0. The fourth-order valence-corrected chi connectivity index (χ4v) is 2.21. The predicted octanol–water partition coefficient (Wildman–Crippen LogP) is 4.80. The summed E-state index contributed by atoms with van der Waals surface area (Å²) in [5.74, 6) is 0. The summed E-state index contributed by atoms with van der Waals surface area (Å²) in [5.41, 5.74) is 5.41. The molecule has 3 rings (SSSR count). The van der Waals surface area contributed by atoms with E-state index in [0.717, 1.165) is 27.8 Å². The molecule has 0 N–H and O–H groups in total. The van der Waals surface area contributed by atoms with Gasteiger partial charge in [-0.2, -0.15) is 12.5 Å². The van der Waals surface area contributed by atoms with E-state index in [4.69, 9.17) is 0 Å². The number of rotatable bonds is 2. The first-order valence-corrected chi connectivity index (χ1v) is 6.25. The van der Waals surface area contributed by atoms with Crippen LogP contribution in [0.25, 0.3) is 22.3 Å². The zero-order chi connectivity index (χ0) is 13.1. The van der Waals surface area contributed by atoms with Crippen molar-refractivity contribution in [3.63, 3.8) is 0 Å². The van der Waals surface area contributed by atoms with Gasteiger partial charge in [-0.1, -0.05) is 18.2 Å². The molecule has 0 fully saturated rings. The second-order valence-electron chi connectivity index (χ2n) is 4.38. The normalized spacial score (nSPS) is 9.33. The van der Waals surface area contributed by atoms with Crippen molar-refractivity contribution in [1.29, 1.82) is 0 Å². The molecule has 0 heterocycles. The summed E-state index contributed by atoms with van der Waals surface area (Å²) in [6, 6.07) is 28.7. The molecule has 0 saturated heterocycles. The van der Waals surface area contributed by atoms with Gasteiger partial charge in [-0.25, -0.2) is 0 Å². The number of hydrogen-bond donors (Lipinski definition) is 0. The van der Waals surface area contributed by atoms with Crippen molar-refractivity contribution >= 4 is 0 Å². The van der Waals surface area contributed by atoms with Gasteiger partial charge in [0.15, 0.2) is 0 Å². The third kappa shape index (κ3) is 4.36. The summed E-state index contributed by atoms with van der Waals surface area (Å²) in [6.45, 7) is 4.23. The molecule has 3 aromatic carbocycles. The molecule has 2 radical (unpaired) electrons. The molecule has 0 atom stereocenters. The Balaban J connectivity index is 0.00000110. The van der Waals surface area contributed by atoms with Crippen LogP contribution in [0.3, 0.4) is 0 Å². The van der Waals surface area contributed by atoms with Crippen molar-refractivity contribution in [2.24, 2.45) is 0 Å². The first-order chi connectivity index (χ1) is 9.36. The third-order valence-corrected chi connectivity index (χ3v) is 3.17. The van der Waals surface area contributed by atoms with Crippen LogP contribution in [0.2, 0.25) is 0 Å². The molecule has 0 nitrogen and oxygen atoms in total. The third-order valence-electron chi connectivity index (χ3n) is 3.17. The van der Waals surface area contributed by atoms with Gasteiger partial charge in [-0.15, -0.1) is 82.9 Å². The van der Waals surface area contributed by atoms with E-state index < -0.39 is 0 Å². The molecule has 0 bridgehead atoms. The summed E-state index contributed by atoms with van der Waals surface area (Å²) < 4.78 is 0. The average molecular weight is 419 g/mol. The molecule has 3 aromatic rings. The first-order valence-electron chi connectivity index (χ1n) is 6.25. The van der Waals surface area contributed by atoms with Crippen molar-refractivity contribution in [3.8, 4) is 22.3 Å². The second-order valence-corrected chi connectivity index (χ2v) is 4.38. The van der Waals surface area contributed by atoms with E-state index in [1.165, 1.54) is 0 Å². The fourth-order valence-electron chi connectivity index (χ4n) is 2.21. The van der Waals surface area contributed by atoms with E-state index in [9.17, 15) is 0 Å². The Kier molecular flexibility index (Phi) is 8.06. The van der Waals surface area contributed by atoms with Gasteiger partial charge in [-0.3, -0.25) is 0 Å². The zero-order valence-corrected chi connectivity index (χ0v) is 17.4. The molecule has 0 aliphatic rings. The summed E-state index contributed by atoms with van der Waals surface area (Å²) >= 11 is 0. The molecular weight excluding hydrogens is 406 g/mol. The van der Waals surface area contributed by atoms with Gasteiger partial charge >= 0.3 is 0 Å². The largest absolute Gasteiger partial charge is 0.192 e. The van der Waals surface area contributed by atoms with Crippen molar-refractivity contribution < 1.29 is 65.4 Å². The standard InChI is InChI=1S/C19H13.2Y/c1-15-18(16-9-4-2-5-10-16)13-8-14-19(15)17-11-6-3-7-12-17;;/h2-9,11,13-14H,1H2;;/q-3;;. The molecule has 0 aliphatic heterocycles. The Morgan fingerprint density at radius 2 is 1.10 bits per heavy atom. The van der Waals surface area contributed by atoms with Crippen LogP contribution >= 0.6 is 0 Å². The fraction of sp³-hybridized carbons (Fsp3) is 0. The van der Waals surface area contributed by atoms with Crippen molar-refractivity contribution in [2.45, 2.75) is 0 Å². The van der Waals surface area contributed by atoms with Crippen LogP contribution in [0.1, 0.15) is 5.56 Å². The van der Waals surface area contributed by atoms with E-state index in [1.54, 1.807) is 0 Å². The molecule has 0 unspecified atom stereocenters. The molecule has 0 aliphatic carbocycles. The SMILES string of the molecule is [CH2-]c1c(-c2[c-]cccc2)cccc1-c1[c-]cccc1.[Y].[Y]. The van der Waals surface area contributed by atoms with Gasteiger partial charge in [0.05, 0.1) is 0 Å². The predicted molar refractivity (Wildman–Crippen MR) is 79.4 cm³/mol. The van der Waals surface area contributed by atoms with Gasteiger partial charge in [-0.05, 0) is 0 Å². The van der Waals surface area contributed by atoms with E-state index in [-0.39, 0.29) is 65.4 Å². The monoisotopic (exact) mass is 419 g/mol. The van der Waals surface area contributed by atoms with Crippen LogP contribution in [0.15, 0.2) is 66.7 Å². The van der Waals surface area contributed by atoms with Crippen LogP contribution in [-0.2, 0) is 65.4 Å². The molecule has 0 spiro atoms. The van der Waals surface area contributed by atoms with Crippen LogP contribution in [-0.4, -0.2) is 0 Å². The van der Waals surface area contributed by atoms with Crippen molar-refractivity contribution in [2.75, 3.05) is 0 Å². The maximum atomic E-state index is 4.23. The maximum Gasteiger partial charge on any atom is 0 e. The summed E-state index contributed by atoms with van der Waals surface area (Å²) in [7, 11) is 0. The topological polar surface area (TPSA) is 0 Å². The van der Waals surface area contributed by atoms with Crippen LogP contribution in [0.4, 0.5) is 0 Å². The van der Waals surface area contributed by atoms with Crippen LogP contribution < -0.4 is 0 Å². The van der Waals surface area contributed by atoms with Gasteiger partial charge in [0.1, 0.15) is 0 Å². The van der Waals surface area contributed by atoms with E-state index >= 15 is 0 Å². The van der Waals surface area contributed by atoms with Gasteiger partial charge in [0, 0.05) is 65.4 Å². The van der Waals surface area contributed by atoms with E-state index in [2.05, 4.69) is 49.4 Å². The Bertz CT molecular complexity index is 619. The quantitative estimate of drug-likeness (QED) is 0.524. The Morgan fingerprint density at radius 1 is 0.619 bits per heavy atom. The second kappa shape index (κ2) is 9.01. The molecular formula is C19H13Y2-3. The molecule has 0 aromatic heterocycles. The molecule has 98 valence electrons. The molecule has 2 heteroatoms. The van der Waals surface area contributed by atoms with Gasteiger partial charge in [0.2, 0.25) is 0 Å². The molecule has 0 saturated carbocycles. The van der Waals surface area contributed by atoms with Crippen molar-refractivity contribution in [3.05, 3.63) is 91.3 Å². The minimum atomic E-state index is 0. The Morgan fingerprint density at radius 3 is 1.48 bits per heavy atom. The van der Waals surface area contributed by atoms with Gasteiger partial charge in [0.25, 0.3) is 0 Å². The zero-order valence-electron chi connectivity index (χ0n) is 11.7. The maximum absolute atomic E-state index is 4.23. The van der Waals surface area contributed by atoms with Crippen LogP contribution in [0.5, 0.6) is 0 Å². The minimum Gasteiger partial charge on any atom is -0.192 e. The Labute approximate surface area is 177 Å². The van der Waals surface area contributed by atoms with Crippen LogP contribution in [0, 0.1) is 19.1 Å². The summed E-state index contributed by atoms with van der Waals surface area (Å²) in [5, 5.41) is 0. The Hall–Kier alpha value is -0.262. The number of hydrogen-bond acceptors (Lipinski definition) is 0. The number of benzene rings is 3. The smallest absolute Gasteiger partial charge is 0 e. The molecule has 21 heavy (non-hydrogen) atoms. The van der Waals surface area contributed by atoms with E-state index in [1.807, 2.05) is 36.4 Å². The summed E-state index contributed by atoms with van der Waals surface area (Å²) in [6.07, 6.45) is 0. The first kappa shape index (κ1) is 18.8. The molecule has 0 amide bonds. The van der Waals surface area contributed by atoms with E-state index in [0.29, 0.717) is 0 Å². The van der Waals surface area contributed by atoms with Crippen molar-refractivity contribution in [1.82, 2.24) is 0 Å². The average Bonchev–Trinajstić information content (AvgIpc) is 2.49. The van der Waals surface area contributed by atoms with Gasteiger partial charge < -0.3 is 0 Å².